The van der Waals surface area contributed by atoms with Crippen molar-refractivity contribution in [2.75, 3.05) is 6.61 Å². The van der Waals surface area contributed by atoms with E-state index in [1.807, 2.05) is 0 Å². The molecule has 0 aromatic heterocycles. The molecule has 0 saturated carbocycles. The number of hydrogen-bond donors (Lipinski definition) is 0. The number of allylic oxidation sites excluding steroid dienone is 3. The Morgan fingerprint density at radius 3 is 2.35 bits per heavy atom. The van der Waals surface area contributed by atoms with Crippen LogP contribution in [0.25, 0.3) is 0 Å². The molecule has 0 fully saturated rings. The van der Waals surface area contributed by atoms with Crippen LogP contribution >= 0.6 is 0 Å². The Morgan fingerprint density at radius 1 is 1.24 bits per heavy atom. The van der Waals surface area contributed by atoms with Gasteiger partial charge in [-0.25, -0.2) is 0 Å². The van der Waals surface area contributed by atoms with Crippen LogP contribution in [-0.2, 0) is 4.43 Å². The summed E-state index contributed by atoms with van der Waals surface area (Å²) < 4.78 is 5.99. The Kier molecular flexibility index (Phi) is 4.79. The van der Waals surface area contributed by atoms with Gasteiger partial charge in [0.2, 0.25) is 0 Å². The first kappa shape index (κ1) is 14.7. The van der Waals surface area contributed by atoms with E-state index in [1.165, 1.54) is 6.42 Å². The van der Waals surface area contributed by atoms with Gasteiger partial charge < -0.3 is 4.43 Å². The minimum atomic E-state index is -0.922. The summed E-state index contributed by atoms with van der Waals surface area (Å²) in [5.41, 5.74) is 0.514. The zero-order valence-corrected chi connectivity index (χ0v) is 13.4. The highest BCUT2D eigenvalue weighted by atomic mass is 28.3. The Hall–Kier alpha value is -0.343. The average molecular weight is 252 g/mol. The van der Waals surface area contributed by atoms with Crippen LogP contribution in [0, 0.1) is 16.7 Å². The lowest BCUT2D eigenvalue weighted by Crippen LogP contribution is -2.43. The molecule has 1 rings (SSSR count). The quantitative estimate of drug-likeness (QED) is 0.682. The minimum Gasteiger partial charge on any atom is -0.420 e. The van der Waals surface area contributed by atoms with Crippen LogP contribution in [0.2, 0.25) is 13.1 Å². The van der Waals surface area contributed by atoms with E-state index in [2.05, 4.69) is 65.1 Å². The van der Waals surface area contributed by atoms with Crippen LogP contribution in [-0.4, -0.2) is 15.6 Å². The van der Waals surface area contributed by atoms with Crippen molar-refractivity contribution in [3.05, 3.63) is 24.3 Å². The molecule has 1 nitrogen and oxygen atoms in total. The summed E-state index contributed by atoms with van der Waals surface area (Å²) in [6, 6.07) is 0. The van der Waals surface area contributed by atoms with Gasteiger partial charge in [-0.1, -0.05) is 52.0 Å². The molecular weight excluding hydrogens is 224 g/mol. The first-order chi connectivity index (χ1) is 7.83. The van der Waals surface area contributed by atoms with Gasteiger partial charge in [0.15, 0.2) is 9.04 Å². The highest BCUT2D eigenvalue weighted by molar-refractivity contribution is 6.48. The van der Waals surface area contributed by atoms with E-state index in [1.54, 1.807) is 0 Å². The standard InChI is InChI=1S/C15H28OSi/c1-7-15(14(2,3)4)11-9-8-10-13(15)12-16-17(5)6/h8-11,13,17H,7,12H2,1-6H3. The summed E-state index contributed by atoms with van der Waals surface area (Å²) in [5, 5.41) is 0. The summed E-state index contributed by atoms with van der Waals surface area (Å²) >= 11 is 0. The Morgan fingerprint density at radius 2 is 1.88 bits per heavy atom. The second kappa shape index (κ2) is 5.53. The lowest BCUT2D eigenvalue weighted by molar-refractivity contribution is 0.0560. The van der Waals surface area contributed by atoms with Gasteiger partial charge in [0.25, 0.3) is 0 Å². The topological polar surface area (TPSA) is 9.23 Å². The molecule has 0 spiro atoms. The Labute approximate surface area is 109 Å². The maximum atomic E-state index is 5.99. The zero-order chi connectivity index (χ0) is 13.1. The molecular formula is C15H28OSi. The Balaban J connectivity index is 2.92. The van der Waals surface area contributed by atoms with E-state index in [0.717, 1.165) is 6.61 Å². The number of rotatable bonds is 4. The van der Waals surface area contributed by atoms with E-state index in [4.69, 9.17) is 4.43 Å². The van der Waals surface area contributed by atoms with Gasteiger partial charge in [0.05, 0.1) is 0 Å². The molecule has 2 unspecified atom stereocenters. The van der Waals surface area contributed by atoms with Crippen LogP contribution in [0.15, 0.2) is 24.3 Å². The summed E-state index contributed by atoms with van der Waals surface area (Å²) in [4.78, 5) is 0. The van der Waals surface area contributed by atoms with Gasteiger partial charge in [-0.15, -0.1) is 0 Å². The van der Waals surface area contributed by atoms with E-state index in [0.29, 0.717) is 5.92 Å². The molecule has 0 radical (unpaired) electrons. The highest BCUT2D eigenvalue weighted by Gasteiger charge is 2.44. The van der Waals surface area contributed by atoms with Crippen LogP contribution in [0.5, 0.6) is 0 Å². The molecule has 0 aromatic rings. The molecule has 0 aromatic carbocycles. The first-order valence-electron chi connectivity index (χ1n) is 6.81. The van der Waals surface area contributed by atoms with Gasteiger partial charge >= 0.3 is 0 Å². The predicted octanol–water partition coefficient (Wildman–Crippen LogP) is 4.17. The van der Waals surface area contributed by atoms with Crippen molar-refractivity contribution < 1.29 is 4.43 Å². The van der Waals surface area contributed by atoms with E-state index >= 15 is 0 Å². The van der Waals surface area contributed by atoms with Crippen molar-refractivity contribution in [1.29, 1.82) is 0 Å². The van der Waals surface area contributed by atoms with Crippen LogP contribution in [0.3, 0.4) is 0 Å². The van der Waals surface area contributed by atoms with Crippen LogP contribution in [0.4, 0.5) is 0 Å². The van der Waals surface area contributed by atoms with E-state index in [9.17, 15) is 0 Å². The molecule has 0 saturated heterocycles. The molecule has 0 N–H and O–H groups in total. The van der Waals surface area contributed by atoms with Crippen molar-refractivity contribution in [3.8, 4) is 0 Å². The summed E-state index contributed by atoms with van der Waals surface area (Å²) in [6.07, 6.45) is 10.3. The maximum absolute atomic E-state index is 5.99. The van der Waals surface area contributed by atoms with Gasteiger partial charge in [-0.05, 0) is 24.9 Å². The highest BCUT2D eigenvalue weighted by Crippen LogP contribution is 2.50. The maximum Gasteiger partial charge on any atom is 0.170 e. The fourth-order valence-corrected chi connectivity index (χ4v) is 3.53. The lowest BCUT2D eigenvalue weighted by Gasteiger charge is -2.48. The fourth-order valence-electron chi connectivity index (χ4n) is 2.94. The molecule has 1 aliphatic rings. The summed E-state index contributed by atoms with van der Waals surface area (Å²) in [6.45, 7) is 14.7. The largest absolute Gasteiger partial charge is 0.420 e. The van der Waals surface area contributed by atoms with E-state index in [-0.39, 0.29) is 10.8 Å². The van der Waals surface area contributed by atoms with Crippen LogP contribution < -0.4 is 0 Å². The normalized spacial score (nSPS) is 29.0. The fraction of sp³-hybridized carbons (Fsp3) is 0.733. The van der Waals surface area contributed by atoms with Gasteiger partial charge in [-0.3, -0.25) is 0 Å². The smallest absolute Gasteiger partial charge is 0.170 e. The lowest BCUT2D eigenvalue weighted by atomic mass is 9.57. The second-order valence-corrected chi connectivity index (χ2v) is 8.81. The predicted molar refractivity (Wildman–Crippen MR) is 78.8 cm³/mol. The molecule has 0 bridgehead atoms. The zero-order valence-electron chi connectivity index (χ0n) is 12.3. The molecule has 17 heavy (non-hydrogen) atoms. The summed E-state index contributed by atoms with van der Waals surface area (Å²) in [5.74, 6) is 0.521. The van der Waals surface area contributed by atoms with Crippen molar-refractivity contribution in [1.82, 2.24) is 0 Å². The number of hydrogen-bond acceptors (Lipinski definition) is 1. The van der Waals surface area contributed by atoms with Crippen molar-refractivity contribution in [2.24, 2.45) is 16.7 Å². The molecule has 1 aliphatic carbocycles. The van der Waals surface area contributed by atoms with Crippen molar-refractivity contribution in [3.63, 3.8) is 0 Å². The molecule has 98 valence electrons. The van der Waals surface area contributed by atoms with E-state index < -0.39 is 9.04 Å². The third-order valence-electron chi connectivity index (χ3n) is 4.10. The molecule has 2 atom stereocenters. The van der Waals surface area contributed by atoms with Crippen LogP contribution in [0.1, 0.15) is 34.1 Å². The summed E-state index contributed by atoms with van der Waals surface area (Å²) in [7, 11) is -0.922. The second-order valence-electron chi connectivity index (χ2n) is 6.38. The molecule has 0 aliphatic heterocycles. The average Bonchev–Trinajstić information content (AvgIpc) is 2.25. The Bertz CT molecular complexity index is 299. The first-order valence-corrected chi connectivity index (χ1v) is 9.59. The monoisotopic (exact) mass is 252 g/mol. The molecule has 0 amide bonds. The van der Waals surface area contributed by atoms with Crippen molar-refractivity contribution in [2.45, 2.75) is 47.2 Å². The molecule has 0 heterocycles. The van der Waals surface area contributed by atoms with Gasteiger partial charge in [-0.2, -0.15) is 0 Å². The SMILES string of the molecule is CCC1(C(C)(C)C)C=CC=CC1CO[SiH](C)C. The molecule has 2 heteroatoms. The van der Waals surface area contributed by atoms with Gasteiger partial charge in [0, 0.05) is 17.9 Å². The third-order valence-corrected chi connectivity index (χ3v) is 4.96. The minimum absolute atomic E-state index is 0.241. The third kappa shape index (κ3) is 3.11. The van der Waals surface area contributed by atoms with Crippen molar-refractivity contribution >= 4 is 9.04 Å². The van der Waals surface area contributed by atoms with Gasteiger partial charge in [0.1, 0.15) is 0 Å².